The minimum Gasteiger partial charge on any atom is -0.374 e. The molecule has 4 nitrogen and oxygen atoms in total. The van der Waals surface area contributed by atoms with Crippen LogP contribution in [-0.4, -0.2) is 27.8 Å². The van der Waals surface area contributed by atoms with Crippen LogP contribution in [0.15, 0.2) is 0 Å². The smallest absolute Gasteiger partial charge is 0.225 e. The van der Waals surface area contributed by atoms with E-state index in [9.17, 15) is 5.11 Å². The number of hydrogen-bond acceptors (Lipinski definition) is 4. The average Bonchev–Trinajstić information content (AvgIpc) is 2.28. The summed E-state index contributed by atoms with van der Waals surface area (Å²) in [5.74, 6) is 0.599. The van der Waals surface area contributed by atoms with Crippen LogP contribution >= 0.6 is 23.2 Å². The molecule has 1 N–H and O–H groups in total. The Morgan fingerprint density at radius 3 is 3.12 bits per heavy atom. The Morgan fingerprint density at radius 1 is 1.56 bits per heavy atom. The number of aromatic nitrogens is 2. The number of halogens is 2. The van der Waals surface area contributed by atoms with Crippen LogP contribution in [0.25, 0.3) is 0 Å². The van der Waals surface area contributed by atoms with Crippen LogP contribution < -0.4 is 4.90 Å². The molecule has 2 heterocycles. The summed E-state index contributed by atoms with van der Waals surface area (Å²) >= 11 is 11.8. The zero-order valence-electron chi connectivity index (χ0n) is 9.66. The SMILES string of the molecule is [2H]CCC(O)N1CCCc2c(Cl)nc(Cl)nc21. The topological polar surface area (TPSA) is 49.2 Å². The predicted octanol–water partition coefficient (Wildman–Crippen LogP) is 2.26. The van der Waals surface area contributed by atoms with Crippen LogP contribution in [0.5, 0.6) is 0 Å². The van der Waals surface area contributed by atoms with Gasteiger partial charge in [0, 0.05) is 13.5 Å². The Bertz CT molecular complexity index is 419. The van der Waals surface area contributed by atoms with Crippen molar-refractivity contribution in [2.45, 2.75) is 32.4 Å². The van der Waals surface area contributed by atoms with E-state index in [1.54, 1.807) is 4.90 Å². The van der Waals surface area contributed by atoms with Gasteiger partial charge in [0.25, 0.3) is 0 Å². The van der Waals surface area contributed by atoms with E-state index in [0.29, 0.717) is 23.9 Å². The lowest BCUT2D eigenvalue weighted by molar-refractivity contribution is 0.161. The lowest BCUT2D eigenvalue weighted by atomic mass is 10.1. The molecule has 0 spiro atoms. The first-order valence-electron chi connectivity index (χ1n) is 5.80. The van der Waals surface area contributed by atoms with Gasteiger partial charge < -0.3 is 10.0 Å². The minimum absolute atomic E-state index is 0.0822. The zero-order valence-corrected chi connectivity index (χ0v) is 10.2. The lowest BCUT2D eigenvalue weighted by Gasteiger charge is -2.33. The van der Waals surface area contributed by atoms with E-state index < -0.39 is 6.23 Å². The van der Waals surface area contributed by atoms with E-state index in [2.05, 4.69) is 9.97 Å². The van der Waals surface area contributed by atoms with Crippen molar-refractivity contribution in [3.63, 3.8) is 0 Å². The fraction of sp³-hybridized carbons (Fsp3) is 0.600. The third kappa shape index (κ3) is 2.10. The van der Waals surface area contributed by atoms with E-state index in [1.807, 2.05) is 0 Å². The Hall–Kier alpha value is -0.580. The fourth-order valence-electron chi connectivity index (χ4n) is 1.85. The normalized spacial score (nSPS) is 17.9. The number of anilines is 1. The maximum absolute atomic E-state index is 9.96. The molecule has 0 saturated carbocycles. The molecule has 1 unspecified atom stereocenters. The lowest BCUT2D eigenvalue weighted by Crippen LogP contribution is -2.39. The van der Waals surface area contributed by atoms with Crippen molar-refractivity contribution in [1.29, 1.82) is 0 Å². The highest BCUT2D eigenvalue weighted by molar-refractivity contribution is 6.32. The molecule has 6 heteroatoms. The second-order valence-electron chi connectivity index (χ2n) is 3.65. The number of hydrogen-bond donors (Lipinski definition) is 1. The van der Waals surface area contributed by atoms with Gasteiger partial charge in [-0.2, -0.15) is 0 Å². The van der Waals surface area contributed by atoms with Crippen LogP contribution in [-0.2, 0) is 6.42 Å². The van der Waals surface area contributed by atoms with Crippen molar-refractivity contribution in [3.8, 4) is 0 Å². The van der Waals surface area contributed by atoms with Gasteiger partial charge >= 0.3 is 0 Å². The van der Waals surface area contributed by atoms with Gasteiger partial charge in [-0.1, -0.05) is 18.5 Å². The van der Waals surface area contributed by atoms with E-state index in [4.69, 9.17) is 24.6 Å². The van der Waals surface area contributed by atoms with Crippen molar-refractivity contribution in [3.05, 3.63) is 16.0 Å². The summed E-state index contributed by atoms with van der Waals surface area (Å²) in [4.78, 5) is 9.78. The van der Waals surface area contributed by atoms with Gasteiger partial charge in [0.1, 0.15) is 17.2 Å². The Balaban J connectivity index is 2.36. The quantitative estimate of drug-likeness (QED) is 0.656. The highest BCUT2D eigenvalue weighted by Gasteiger charge is 2.25. The summed E-state index contributed by atoms with van der Waals surface area (Å²) in [6, 6.07) is 0. The molecule has 0 bridgehead atoms. The second kappa shape index (κ2) is 4.73. The number of aliphatic hydroxyl groups is 1. The molecule has 2 rings (SSSR count). The van der Waals surface area contributed by atoms with Crippen LogP contribution in [0.4, 0.5) is 5.82 Å². The highest BCUT2D eigenvalue weighted by atomic mass is 35.5. The summed E-state index contributed by atoms with van der Waals surface area (Å²) in [7, 11) is 0. The minimum atomic E-state index is -0.714. The summed E-state index contributed by atoms with van der Waals surface area (Å²) in [6.07, 6.45) is 1.33. The molecule has 1 aliphatic rings. The first-order chi connectivity index (χ1) is 8.13. The molecule has 0 aliphatic carbocycles. The summed E-state index contributed by atoms with van der Waals surface area (Å²) in [5, 5.41) is 10.4. The molecule has 1 aromatic heterocycles. The predicted molar refractivity (Wildman–Crippen MR) is 64.0 cm³/mol. The number of rotatable bonds is 2. The van der Waals surface area contributed by atoms with Crippen molar-refractivity contribution in [2.75, 3.05) is 11.4 Å². The van der Waals surface area contributed by atoms with Crippen LogP contribution in [0.2, 0.25) is 10.4 Å². The summed E-state index contributed by atoms with van der Waals surface area (Å²) < 4.78 is 7.15. The van der Waals surface area contributed by atoms with Crippen molar-refractivity contribution in [2.24, 2.45) is 0 Å². The molecule has 0 saturated heterocycles. The van der Waals surface area contributed by atoms with Crippen LogP contribution in [0, 0.1) is 0 Å². The Morgan fingerprint density at radius 2 is 2.38 bits per heavy atom. The molecular formula is C10H13Cl2N3O. The Labute approximate surface area is 106 Å². The molecule has 0 amide bonds. The van der Waals surface area contributed by atoms with Crippen LogP contribution in [0.1, 0.15) is 26.7 Å². The van der Waals surface area contributed by atoms with Crippen LogP contribution in [0.3, 0.4) is 0 Å². The molecule has 88 valence electrons. The van der Waals surface area contributed by atoms with Gasteiger partial charge in [0.05, 0.1) is 0 Å². The first-order valence-corrected chi connectivity index (χ1v) is 5.85. The molecule has 0 aromatic carbocycles. The molecule has 1 atom stereocenters. The fourth-order valence-corrected chi connectivity index (χ4v) is 2.32. The largest absolute Gasteiger partial charge is 0.374 e. The number of aliphatic hydroxyl groups excluding tert-OH is 1. The van der Waals surface area contributed by atoms with Gasteiger partial charge in [0.2, 0.25) is 5.28 Å². The van der Waals surface area contributed by atoms with Gasteiger partial charge in [-0.05, 0) is 30.9 Å². The third-order valence-electron chi connectivity index (χ3n) is 2.62. The van der Waals surface area contributed by atoms with Crippen molar-refractivity contribution in [1.82, 2.24) is 9.97 Å². The van der Waals surface area contributed by atoms with E-state index in [0.717, 1.165) is 18.4 Å². The zero-order chi connectivity index (χ0) is 12.4. The van der Waals surface area contributed by atoms with Gasteiger partial charge in [-0.3, -0.25) is 0 Å². The molecule has 1 aromatic rings. The van der Waals surface area contributed by atoms with E-state index in [1.165, 1.54) is 0 Å². The Kier molecular flexibility index (Phi) is 3.13. The number of nitrogens with zero attached hydrogens (tertiary/aromatic N) is 3. The molecule has 0 fully saturated rings. The van der Waals surface area contributed by atoms with Gasteiger partial charge in [0.15, 0.2) is 0 Å². The number of fused-ring (bicyclic) bond motifs is 1. The van der Waals surface area contributed by atoms with Gasteiger partial charge in [-0.15, -0.1) is 0 Å². The third-order valence-corrected chi connectivity index (χ3v) is 3.10. The second-order valence-corrected chi connectivity index (χ2v) is 4.35. The summed E-state index contributed by atoms with van der Waals surface area (Å²) in [6.45, 7) is 0.859. The summed E-state index contributed by atoms with van der Waals surface area (Å²) in [5.41, 5.74) is 0.825. The van der Waals surface area contributed by atoms with E-state index >= 15 is 0 Å². The highest BCUT2D eigenvalue weighted by Crippen LogP contribution is 2.32. The average molecular weight is 263 g/mol. The molecule has 0 radical (unpaired) electrons. The molecular weight excluding hydrogens is 249 g/mol. The maximum atomic E-state index is 9.96. The van der Waals surface area contributed by atoms with E-state index in [-0.39, 0.29) is 12.2 Å². The maximum Gasteiger partial charge on any atom is 0.225 e. The van der Waals surface area contributed by atoms with Crippen molar-refractivity contribution >= 4 is 29.0 Å². The molecule has 16 heavy (non-hydrogen) atoms. The monoisotopic (exact) mass is 262 g/mol. The standard InChI is InChI=1S/C10H13Cl2N3O/c1-2-7(16)15-5-3-4-6-8(11)13-10(12)14-9(6)15/h7,16H,2-5H2,1H3/i1D. The van der Waals surface area contributed by atoms with Crippen molar-refractivity contribution < 1.29 is 6.48 Å². The molecule has 1 aliphatic heterocycles. The van der Waals surface area contributed by atoms with Gasteiger partial charge in [-0.25, -0.2) is 9.97 Å². The first kappa shape index (κ1) is 10.6.